The van der Waals surface area contributed by atoms with E-state index in [9.17, 15) is 4.79 Å². The number of piperidine rings is 1. The molecule has 2 N–H and O–H groups in total. The fourth-order valence-corrected chi connectivity index (χ4v) is 2.87. The number of para-hydroxylation sites is 1. The van der Waals surface area contributed by atoms with Gasteiger partial charge in [0.05, 0.1) is 5.69 Å². The lowest BCUT2D eigenvalue weighted by Crippen LogP contribution is -2.67. The molecule has 19 heavy (non-hydrogen) atoms. The minimum Gasteiger partial charge on any atom is -0.444 e. The first-order chi connectivity index (χ1) is 9.22. The quantitative estimate of drug-likeness (QED) is 0.881. The molecule has 2 heterocycles. The Morgan fingerprint density at radius 2 is 1.79 bits per heavy atom. The van der Waals surface area contributed by atoms with Gasteiger partial charge in [-0.1, -0.05) is 24.6 Å². The predicted octanol–water partition coefficient (Wildman–Crippen LogP) is 1.74. The number of carbonyl (C=O) groups excluding carboxylic acids is 1. The number of likely N-dealkylation sites (tertiary alicyclic amines) is 1. The van der Waals surface area contributed by atoms with E-state index in [1.54, 1.807) is 4.90 Å². The highest BCUT2D eigenvalue weighted by atomic mass is 16.6. The van der Waals surface area contributed by atoms with E-state index in [2.05, 4.69) is 4.90 Å². The maximum Gasteiger partial charge on any atom is 0.417 e. The number of ether oxygens (including phenoxy) is 1. The Hall–Kier alpha value is -1.59. The van der Waals surface area contributed by atoms with Gasteiger partial charge in [0.1, 0.15) is 6.61 Å². The van der Waals surface area contributed by atoms with Crippen LogP contribution in [0.2, 0.25) is 0 Å². The first-order valence-corrected chi connectivity index (χ1v) is 6.78. The van der Waals surface area contributed by atoms with Crippen LogP contribution in [0.1, 0.15) is 19.3 Å². The Morgan fingerprint density at radius 1 is 1.11 bits per heavy atom. The number of nitrogens with two attached hydrogens (primary N) is 1. The number of rotatable bonds is 2. The number of benzene rings is 1. The minimum atomic E-state index is -0.848. The van der Waals surface area contributed by atoms with E-state index in [1.165, 1.54) is 6.42 Å². The summed E-state index contributed by atoms with van der Waals surface area (Å²) >= 11 is 0. The van der Waals surface area contributed by atoms with Gasteiger partial charge >= 0.3 is 6.09 Å². The number of hydrogen-bond acceptors (Lipinski definition) is 4. The summed E-state index contributed by atoms with van der Waals surface area (Å²) in [6.45, 7) is 2.05. The molecular formula is C14H19N3O2. The van der Waals surface area contributed by atoms with Gasteiger partial charge in [0, 0.05) is 13.1 Å². The number of nitrogens with zero attached hydrogens (tertiary/aromatic N) is 2. The zero-order valence-electron chi connectivity index (χ0n) is 10.9. The molecule has 0 aliphatic carbocycles. The van der Waals surface area contributed by atoms with Crippen LogP contribution < -0.4 is 10.6 Å². The summed E-state index contributed by atoms with van der Waals surface area (Å²) in [4.78, 5) is 15.8. The maximum atomic E-state index is 12.0. The monoisotopic (exact) mass is 261 g/mol. The molecule has 0 radical (unpaired) electrons. The molecule has 1 aromatic rings. The smallest absolute Gasteiger partial charge is 0.417 e. The molecule has 5 heteroatoms. The molecule has 3 rings (SSSR count). The van der Waals surface area contributed by atoms with Crippen molar-refractivity contribution in [2.75, 3.05) is 24.6 Å². The fraction of sp³-hybridized carbons (Fsp3) is 0.500. The van der Waals surface area contributed by atoms with Crippen LogP contribution in [-0.2, 0) is 4.74 Å². The second kappa shape index (κ2) is 4.83. The largest absolute Gasteiger partial charge is 0.444 e. The highest BCUT2D eigenvalue weighted by Gasteiger charge is 2.49. The Kier molecular flexibility index (Phi) is 3.16. The summed E-state index contributed by atoms with van der Waals surface area (Å²) in [5.74, 6) is -0.848. The van der Waals surface area contributed by atoms with Crippen LogP contribution in [0.4, 0.5) is 10.5 Å². The third kappa shape index (κ3) is 2.09. The molecule has 5 nitrogen and oxygen atoms in total. The van der Waals surface area contributed by atoms with E-state index in [-0.39, 0.29) is 12.7 Å². The van der Waals surface area contributed by atoms with Crippen molar-refractivity contribution in [2.45, 2.75) is 25.0 Å². The van der Waals surface area contributed by atoms with Crippen molar-refractivity contribution in [1.82, 2.24) is 4.90 Å². The lowest BCUT2D eigenvalue weighted by Gasteiger charge is -2.43. The van der Waals surface area contributed by atoms with Gasteiger partial charge in [-0.05, 0) is 25.0 Å². The summed E-state index contributed by atoms with van der Waals surface area (Å²) in [6.07, 6.45) is 3.11. The molecule has 102 valence electrons. The molecule has 0 aromatic heterocycles. The molecule has 0 bridgehead atoms. The van der Waals surface area contributed by atoms with Gasteiger partial charge in [-0.3, -0.25) is 10.6 Å². The average Bonchev–Trinajstić information content (AvgIpc) is 2.78. The molecule has 2 fully saturated rings. The van der Waals surface area contributed by atoms with E-state index < -0.39 is 5.79 Å². The minimum absolute atomic E-state index is 0.223. The fourth-order valence-electron chi connectivity index (χ4n) is 2.87. The lowest BCUT2D eigenvalue weighted by atomic mass is 10.1. The van der Waals surface area contributed by atoms with Crippen molar-refractivity contribution >= 4 is 11.8 Å². The molecule has 0 spiro atoms. The number of carbonyl (C=O) groups is 1. The molecule has 1 amide bonds. The highest BCUT2D eigenvalue weighted by Crippen LogP contribution is 2.31. The second-order valence-electron chi connectivity index (χ2n) is 5.15. The SMILES string of the molecule is NC1(N2CCCCC2)COC(=O)N1c1ccccc1. The Labute approximate surface area is 112 Å². The van der Waals surface area contributed by atoms with Crippen molar-refractivity contribution in [2.24, 2.45) is 5.73 Å². The molecule has 1 unspecified atom stereocenters. The van der Waals surface area contributed by atoms with Crippen LogP contribution in [-0.4, -0.2) is 36.5 Å². The van der Waals surface area contributed by atoms with E-state index >= 15 is 0 Å². The molecule has 1 atom stereocenters. The van der Waals surface area contributed by atoms with Crippen LogP contribution in [0.5, 0.6) is 0 Å². The zero-order valence-corrected chi connectivity index (χ0v) is 10.9. The summed E-state index contributed by atoms with van der Waals surface area (Å²) in [7, 11) is 0. The maximum absolute atomic E-state index is 12.0. The van der Waals surface area contributed by atoms with Gasteiger partial charge in [0.25, 0.3) is 0 Å². The Bertz CT molecular complexity index is 459. The third-order valence-electron chi connectivity index (χ3n) is 3.90. The number of amides is 1. The van der Waals surface area contributed by atoms with Gasteiger partial charge in [-0.25, -0.2) is 9.69 Å². The average molecular weight is 261 g/mol. The number of cyclic esters (lactones) is 1. The third-order valence-corrected chi connectivity index (χ3v) is 3.90. The van der Waals surface area contributed by atoms with Crippen LogP contribution in [0.25, 0.3) is 0 Å². The van der Waals surface area contributed by atoms with E-state index in [1.807, 2.05) is 30.3 Å². The van der Waals surface area contributed by atoms with Gasteiger partial charge < -0.3 is 4.74 Å². The second-order valence-corrected chi connectivity index (χ2v) is 5.15. The van der Waals surface area contributed by atoms with E-state index in [0.717, 1.165) is 31.6 Å². The summed E-state index contributed by atoms with van der Waals surface area (Å²) in [5.41, 5.74) is 7.30. The van der Waals surface area contributed by atoms with E-state index in [4.69, 9.17) is 10.5 Å². The standard InChI is InChI=1S/C14H19N3O2/c15-14(16-9-5-2-6-10-16)11-19-13(18)17(14)12-7-3-1-4-8-12/h1,3-4,7-8H,2,5-6,9-11,15H2. The Morgan fingerprint density at radius 3 is 2.47 bits per heavy atom. The van der Waals surface area contributed by atoms with Crippen LogP contribution in [0.15, 0.2) is 30.3 Å². The highest BCUT2D eigenvalue weighted by molar-refractivity contribution is 5.91. The first-order valence-electron chi connectivity index (χ1n) is 6.78. The van der Waals surface area contributed by atoms with Crippen molar-refractivity contribution in [1.29, 1.82) is 0 Å². The first kappa shape index (κ1) is 12.4. The van der Waals surface area contributed by atoms with Crippen molar-refractivity contribution in [3.63, 3.8) is 0 Å². The molecule has 2 aliphatic heterocycles. The van der Waals surface area contributed by atoms with Crippen molar-refractivity contribution in [3.8, 4) is 0 Å². The van der Waals surface area contributed by atoms with Crippen molar-refractivity contribution < 1.29 is 9.53 Å². The lowest BCUT2D eigenvalue weighted by molar-refractivity contribution is 0.0587. The molecule has 1 aromatic carbocycles. The van der Waals surface area contributed by atoms with Crippen LogP contribution >= 0.6 is 0 Å². The summed E-state index contributed by atoms with van der Waals surface area (Å²) in [5, 5.41) is 0. The number of hydrogen-bond donors (Lipinski definition) is 1. The summed E-state index contributed by atoms with van der Waals surface area (Å²) in [6, 6.07) is 9.50. The number of anilines is 1. The van der Waals surface area contributed by atoms with Crippen LogP contribution in [0, 0.1) is 0 Å². The van der Waals surface area contributed by atoms with Gasteiger partial charge in [0.2, 0.25) is 0 Å². The Balaban J connectivity index is 1.93. The van der Waals surface area contributed by atoms with Gasteiger partial charge in [-0.2, -0.15) is 0 Å². The van der Waals surface area contributed by atoms with Gasteiger partial charge in [0.15, 0.2) is 5.79 Å². The van der Waals surface area contributed by atoms with Crippen LogP contribution in [0.3, 0.4) is 0 Å². The molecule has 2 aliphatic rings. The van der Waals surface area contributed by atoms with Crippen molar-refractivity contribution in [3.05, 3.63) is 30.3 Å². The summed E-state index contributed by atoms with van der Waals surface area (Å²) < 4.78 is 5.21. The molecule has 2 saturated heterocycles. The van der Waals surface area contributed by atoms with E-state index in [0.29, 0.717) is 0 Å². The molecule has 0 saturated carbocycles. The normalized spacial score (nSPS) is 28.5. The molecular weight excluding hydrogens is 242 g/mol. The topological polar surface area (TPSA) is 58.8 Å². The zero-order chi connectivity index (χ0) is 13.3. The van der Waals surface area contributed by atoms with Gasteiger partial charge in [-0.15, -0.1) is 0 Å². The predicted molar refractivity (Wildman–Crippen MR) is 72.6 cm³/mol.